The van der Waals surface area contributed by atoms with E-state index in [-0.39, 0.29) is 0 Å². The van der Waals surface area contributed by atoms with Crippen molar-refractivity contribution in [3.63, 3.8) is 0 Å². The summed E-state index contributed by atoms with van der Waals surface area (Å²) in [6.07, 6.45) is 1.68. The zero-order valence-corrected chi connectivity index (χ0v) is 13.0. The van der Waals surface area contributed by atoms with E-state index in [0.717, 1.165) is 16.8 Å². The van der Waals surface area contributed by atoms with Crippen LogP contribution in [0.1, 0.15) is 11.1 Å². The topological polar surface area (TPSA) is 43.4 Å². The Labute approximate surface area is 133 Å². The lowest BCUT2D eigenvalue weighted by molar-refractivity contribution is 0.171. The normalized spacial score (nSPS) is 13.1. The third kappa shape index (κ3) is 3.01. The standard InChI is InChI=1S/C15H14Cl2N2O2/c1-9-2-3-18-15(17)13(9)19-8-10-6-11(16)14-12(7-10)20-4-5-21-14/h2-3,6-7,19H,4-5,8H2,1H3. The molecular weight excluding hydrogens is 311 g/mol. The van der Waals surface area contributed by atoms with Gasteiger partial charge in [0.1, 0.15) is 13.2 Å². The highest BCUT2D eigenvalue weighted by molar-refractivity contribution is 6.32. The van der Waals surface area contributed by atoms with Gasteiger partial charge in [-0.25, -0.2) is 4.98 Å². The van der Waals surface area contributed by atoms with Crippen molar-refractivity contribution in [1.82, 2.24) is 4.98 Å². The summed E-state index contributed by atoms with van der Waals surface area (Å²) >= 11 is 12.3. The van der Waals surface area contributed by atoms with Crippen LogP contribution in [0.3, 0.4) is 0 Å². The molecule has 0 radical (unpaired) electrons. The van der Waals surface area contributed by atoms with Gasteiger partial charge in [-0.05, 0) is 36.2 Å². The van der Waals surface area contributed by atoms with Gasteiger partial charge in [0.25, 0.3) is 0 Å². The molecule has 0 aliphatic carbocycles. The van der Waals surface area contributed by atoms with E-state index in [0.29, 0.717) is 41.4 Å². The lowest BCUT2D eigenvalue weighted by Gasteiger charge is -2.20. The summed E-state index contributed by atoms with van der Waals surface area (Å²) < 4.78 is 11.1. The molecule has 0 atom stereocenters. The number of rotatable bonds is 3. The summed E-state index contributed by atoms with van der Waals surface area (Å²) in [5, 5.41) is 4.29. The lowest BCUT2D eigenvalue weighted by atomic mass is 10.1. The molecule has 2 heterocycles. The number of halogens is 2. The SMILES string of the molecule is Cc1ccnc(Cl)c1NCc1cc(Cl)c2c(c1)OCCO2. The molecule has 4 nitrogen and oxygen atoms in total. The fourth-order valence-electron chi connectivity index (χ4n) is 2.19. The van der Waals surface area contributed by atoms with Crippen LogP contribution in [0.5, 0.6) is 11.5 Å². The van der Waals surface area contributed by atoms with Crippen molar-refractivity contribution in [2.75, 3.05) is 18.5 Å². The number of hydrogen-bond acceptors (Lipinski definition) is 4. The number of aryl methyl sites for hydroxylation is 1. The van der Waals surface area contributed by atoms with Gasteiger partial charge in [0, 0.05) is 12.7 Å². The summed E-state index contributed by atoms with van der Waals surface area (Å²) in [6, 6.07) is 5.69. The molecule has 0 amide bonds. The van der Waals surface area contributed by atoms with Crippen LogP contribution in [-0.4, -0.2) is 18.2 Å². The quantitative estimate of drug-likeness (QED) is 0.864. The van der Waals surface area contributed by atoms with Gasteiger partial charge in [-0.15, -0.1) is 0 Å². The Balaban J connectivity index is 1.81. The molecule has 0 unspecified atom stereocenters. The molecule has 1 N–H and O–H groups in total. The van der Waals surface area contributed by atoms with Crippen molar-refractivity contribution in [2.24, 2.45) is 0 Å². The summed E-state index contributed by atoms with van der Waals surface area (Å²) in [5.41, 5.74) is 2.85. The van der Waals surface area contributed by atoms with Crippen molar-refractivity contribution in [1.29, 1.82) is 0 Å². The van der Waals surface area contributed by atoms with Gasteiger partial charge >= 0.3 is 0 Å². The molecule has 1 aromatic heterocycles. The monoisotopic (exact) mass is 324 g/mol. The Hall–Kier alpha value is -1.65. The molecule has 0 fully saturated rings. The van der Waals surface area contributed by atoms with Crippen LogP contribution in [0.25, 0.3) is 0 Å². The van der Waals surface area contributed by atoms with Crippen molar-refractivity contribution in [3.8, 4) is 11.5 Å². The molecule has 21 heavy (non-hydrogen) atoms. The molecule has 0 spiro atoms. The lowest BCUT2D eigenvalue weighted by Crippen LogP contribution is -2.16. The number of nitrogens with one attached hydrogen (secondary N) is 1. The smallest absolute Gasteiger partial charge is 0.179 e. The number of benzene rings is 1. The first-order valence-corrected chi connectivity index (χ1v) is 7.34. The number of hydrogen-bond donors (Lipinski definition) is 1. The number of ether oxygens (including phenoxy) is 2. The van der Waals surface area contributed by atoms with E-state index >= 15 is 0 Å². The summed E-state index contributed by atoms with van der Waals surface area (Å²) in [7, 11) is 0. The zero-order chi connectivity index (χ0) is 14.8. The highest BCUT2D eigenvalue weighted by atomic mass is 35.5. The van der Waals surface area contributed by atoms with Crippen LogP contribution in [0.15, 0.2) is 24.4 Å². The number of fused-ring (bicyclic) bond motifs is 1. The molecule has 0 saturated heterocycles. The minimum atomic E-state index is 0.457. The van der Waals surface area contributed by atoms with Crippen molar-refractivity contribution in [3.05, 3.63) is 45.7 Å². The van der Waals surface area contributed by atoms with Crippen LogP contribution >= 0.6 is 23.2 Å². The molecule has 1 aromatic carbocycles. The number of anilines is 1. The number of pyridine rings is 1. The molecular formula is C15H14Cl2N2O2. The third-order valence-corrected chi connectivity index (χ3v) is 3.81. The summed E-state index contributed by atoms with van der Waals surface area (Å²) in [6.45, 7) is 3.61. The second kappa shape index (κ2) is 6.00. The van der Waals surface area contributed by atoms with Crippen LogP contribution in [-0.2, 0) is 6.54 Å². The Morgan fingerprint density at radius 3 is 2.86 bits per heavy atom. The minimum Gasteiger partial charge on any atom is -0.486 e. The van der Waals surface area contributed by atoms with E-state index in [1.807, 2.05) is 25.1 Å². The predicted octanol–water partition coefficient (Wildman–Crippen LogP) is 4.08. The first-order valence-electron chi connectivity index (χ1n) is 6.58. The molecule has 0 saturated carbocycles. The fourth-order valence-corrected chi connectivity index (χ4v) is 2.75. The average Bonchev–Trinajstić information content (AvgIpc) is 2.47. The predicted molar refractivity (Wildman–Crippen MR) is 83.8 cm³/mol. The minimum absolute atomic E-state index is 0.457. The Morgan fingerprint density at radius 2 is 2.05 bits per heavy atom. The maximum atomic E-state index is 6.22. The van der Waals surface area contributed by atoms with Gasteiger partial charge in [0.05, 0.1) is 10.7 Å². The van der Waals surface area contributed by atoms with Crippen molar-refractivity contribution >= 4 is 28.9 Å². The Morgan fingerprint density at radius 1 is 1.24 bits per heavy atom. The van der Waals surface area contributed by atoms with Gasteiger partial charge in [0.15, 0.2) is 16.7 Å². The van der Waals surface area contributed by atoms with Crippen LogP contribution in [0.2, 0.25) is 10.2 Å². The Kier molecular flexibility index (Phi) is 4.08. The molecule has 2 aromatic rings. The van der Waals surface area contributed by atoms with Gasteiger partial charge < -0.3 is 14.8 Å². The van der Waals surface area contributed by atoms with Crippen molar-refractivity contribution in [2.45, 2.75) is 13.5 Å². The highest BCUT2D eigenvalue weighted by Gasteiger charge is 2.16. The maximum absolute atomic E-state index is 6.22. The highest BCUT2D eigenvalue weighted by Crippen LogP contribution is 2.38. The van der Waals surface area contributed by atoms with Gasteiger partial charge in [-0.2, -0.15) is 0 Å². The van der Waals surface area contributed by atoms with Crippen molar-refractivity contribution < 1.29 is 9.47 Å². The van der Waals surface area contributed by atoms with Gasteiger partial charge in [-0.1, -0.05) is 23.2 Å². The summed E-state index contributed by atoms with van der Waals surface area (Å²) in [5.74, 6) is 1.29. The molecule has 110 valence electrons. The average molecular weight is 325 g/mol. The van der Waals surface area contributed by atoms with Crippen LogP contribution in [0, 0.1) is 6.92 Å². The zero-order valence-electron chi connectivity index (χ0n) is 11.5. The van der Waals surface area contributed by atoms with Crippen LogP contribution < -0.4 is 14.8 Å². The Bertz CT molecular complexity index is 657. The molecule has 6 heteroatoms. The third-order valence-electron chi connectivity index (χ3n) is 3.24. The fraction of sp³-hybridized carbons (Fsp3) is 0.267. The van der Waals surface area contributed by atoms with E-state index in [2.05, 4.69) is 10.3 Å². The first kappa shape index (κ1) is 14.3. The molecule has 1 aliphatic rings. The van der Waals surface area contributed by atoms with Crippen LogP contribution in [0.4, 0.5) is 5.69 Å². The number of nitrogens with zero attached hydrogens (tertiary/aromatic N) is 1. The number of aromatic nitrogens is 1. The van der Waals surface area contributed by atoms with Gasteiger partial charge in [0.2, 0.25) is 0 Å². The van der Waals surface area contributed by atoms with Gasteiger partial charge in [-0.3, -0.25) is 0 Å². The molecule has 3 rings (SSSR count). The van der Waals surface area contributed by atoms with E-state index in [1.54, 1.807) is 6.20 Å². The maximum Gasteiger partial charge on any atom is 0.179 e. The van der Waals surface area contributed by atoms with E-state index in [9.17, 15) is 0 Å². The second-order valence-electron chi connectivity index (χ2n) is 4.75. The van der Waals surface area contributed by atoms with E-state index in [1.165, 1.54) is 0 Å². The molecule has 0 bridgehead atoms. The summed E-state index contributed by atoms with van der Waals surface area (Å²) in [4.78, 5) is 4.07. The molecule has 1 aliphatic heterocycles. The largest absolute Gasteiger partial charge is 0.486 e. The second-order valence-corrected chi connectivity index (χ2v) is 5.51. The van der Waals surface area contributed by atoms with E-state index in [4.69, 9.17) is 32.7 Å². The van der Waals surface area contributed by atoms with E-state index < -0.39 is 0 Å². The first-order chi connectivity index (χ1) is 10.1.